The summed E-state index contributed by atoms with van der Waals surface area (Å²) >= 11 is 1.32. The summed E-state index contributed by atoms with van der Waals surface area (Å²) in [5, 5.41) is 1.34. The number of piperazine rings is 1. The van der Waals surface area contributed by atoms with Gasteiger partial charge in [-0.2, -0.15) is 0 Å². The Balaban J connectivity index is 1.27. The molecular formula is C25H27N5O4S. The molecule has 0 spiro atoms. The third kappa shape index (κ3) is 4.72. The molecule has 0 saturated carbocycles. The summed E-state index contributed by atoms with van der Waals surface area (Å²) in [6.45, 7) is 7.27. The maximum absolute atomic E-state index is 13.3. The van der Waals surface area contributed by atoms with Crippen molar-refractivity contribution in [3.05, 3.63) is 59.3 Å². The Bertz CT molecular complexity index is 1280. The fraction of sp³-hybridized carbons (Fsp3) is 0.320. The van der Waals surface area contributed by atoms with E-state index in [-0.39, 0.29) is 18.1 Å². The van der Waals surface area contributed by atoms with Gasteiger partial charge in [0.05, 0.1) is 10.2 Å². The zero-order valence-electron chi connectivity index (χ0n) is 19.7. The smallest absolute Gasteiger partial charge is 0.279 e. The largest absolute Gasteiger partial charge is 0.454 e. The number of hydrogen-bond acceptors (Lipinski definition) is 9. The van der Waals surface area contributed by atoms with Crippen LogP contribution in [-0.4, -0.2) is 59.4 Å². The number of hydrogen-bond donors (Lipinski definition) is 1. The number of anilines is 1. The second-order valence-corrected chi connectivity index (χ2v) is 9.62. The number of carbonyl (C=O) groups is 2. The Kier molecular flexibility index (Phi) is 6.42. The Labute approximate surface area is 207 Å². The van der Waals surface area contributed by atoms with E-state index < -0.39 is 5.91 Å². The SMILES string of the molecule is CC(=O)C(C(=O)N(N)c1nc2ccccc2s1)=C(C)N1CCN(Cc2ccc3c(c2)OCO3)CC1. The number of nitrogens with zero attached hydrogens (tertiary/aromatic N) is 4. The number of fused-ring (bicyclic) bond motifs is 2. The minimum Gasteiger partial charge on any atom is -0.454 e. The molecule has 9 nitrogen and oxygen atoms in total. The molecule has 1 fully saturated rings. The first-order valence-corrected chi connectivity index (χ1v) is 12.2. The van der Waals surface area contributed by atoms with Crippen LogP contribution in [0.15, 0.2) is 53.7 Å². The molecule has 3 aromatic rings. The number of nitrogens with two attached hydrogens (primary N) is 1. The van der Waals surface area contributed by atoms with Gasteiger partial charge >= 0.3 is 0 Å². The van der Waals surface area contributed by atoms with Crippen LogP contribution in [0.25, 0.3) is 10.2 Å². The van der Waals surface area contributed by atoms with Crippen LogP contribution in [0.3, 0.4) is 0 Å². The van der Waals surface area contributed by atoms with Crippen molar-refractivity contribution in [1.82, 2.24) is 14.8 Å². The molecule has 0 radical (unpaired) electrons. The van der Waals surface area contributed by atoms with Crippen molar-refractivity contribution >= 4 is 38.4 Å². The monoisotopic (exact) mass is 493 g/mol. The summed E-state index contributed by atoms with van der Waals surface area (Å²) in [7, 11) is 0. The third-order valence-corrected chi connectivity index (χ3v) is 7.36. The first-order valence-electron chi connectivity index (χ1n) is 11.4. The van der Waals surface area contributed by atoms with Gasteiger partial charge in [0.15, 0.2) is 17.3 Å². The molecule has 10 heteroatoms. The molecule has 182 valence electrons. The van der Waals surface area contributed by atoms with Crippen molar-refractivity contribution in [2.75, 3.05) is 38.0 Å². The minimum atomic E-state index is -0.545. The van der Waals surface area contributed by atoms with Gasteiger partial charge in [-0.1, -0.05) is 29.5 Å². The van der Waals surface area contributed by atoms with Crippen molar-refractivity contribution in [3.63, 3.8) is 0 Å². The summed E-state index contributed by atoms with van der Waals surface area (Å²) in [4.78, 5) is 34.7. The van der Waals surface area contributed by atoms with Crippen LogP contribution in [0, 0.1) is 0 Å². The van der Waals surface area contributed by atoms with Crippen LogP contribution < -0.4 is 20.3 Å². The number of para-hydroxylation sites is 1. The molecule has 1 amide bonds. The highest BCUT2D eigenvalue weighted by atomic mass is 32.1. The molecule has 1 saturated heterocycles. The lowest BCUT2D eigenvalue weighted by Crippen LogP contribution is -2.47. The van der Waals surface area contributed by atoms with Gasteiger partial charge in [-0.25, -0.2) is 15.8 Å². The number of allylic oxidation sites excluding steroid dienone is 1. The molecule has 35 heavy (non-hydrogen) atoms. The van der Waals surface area contributed by atoms with Gasteiger partial charge < -0.3 is 14.4 Å². The van der Waals surface area contributed by atoms with Crippen LogP contribution >= 0.6 is 11.3 Å². The number of carbonyl (C=O) groups excluding carboxylic acids is 2. The summed E-state index contributed by atoms with van der Waals surface area (Å²) in [5.41, 5.74) is 2.65. The molecule has 0 aliphatic carbocycles. The second-order valence-electron chi connectivity index (χ2n) is 8.61. The van der Waals surface area contributed by atoms with Crippen molar-refractivity contribution in [1.29, 1.82) is 0 Å². The summed E-state index contributed by atoms with van der Waals surface area (Å²) < 4.78 is 11.8. The maximum Gasteiger partial charge on any atom is 0.279 e. The van der Waals surface area contributed by atoms with Gasteiger partial charge in [-0.3, -0.25) is 14.5 Å². The molecule has 0 bridgehead atoms. The van der Waals surface area contributed by atoms with E-state index in [0.717, 1.165) is 51.9 Å². The van der Waals surface area contributed by atoms with E-state index in [4.69, 9.17) is 15.3 Å². The molecule has 3 heterocycles. The fourth-order valence-corrected chi connectivity index (χ4v) is 5.31. The Morgan fingerprint density at radius 2 is 1.80 bits per heavy atom. The highest BCUT2D eigenvalue weighted by Gasteiger charge is 2.28. The highest BCUT2D eigenvalue weighted by molar-refractivity contribution is 7.22. The summed E-state index contributed by atoms with van der Waals surface area (Å²) in [6, 6.07) is 13.6. The number of Topliss-reactive ketones (excluding diaryl/α,β-unsaturated/α-hetero) is 1. The first kappa shape index (κ1) is 23.3. The van der Waals surface area contributed by atoms with Crippen LogP contribution in [0.1, 0.15) is 19.4 Å². The topological polar surface area (TPSA) is 101 Å². The van der Waals surface area contributed by atoms with Gasteiger partial charge in [0, 0.05) is 38.4 Å². The highest BCUT2D eigenvalue weighted by Crippen LogP contribution is 2.33. The van der Waals surface area contributed by atoms with E-state index in [9.17, 15) is 9.59 Å². The van der Waals surface area contributed by atoms with Gasteiger partial charge in [0.2, 0.25) is 11.9 Å². The van der Waals surface area contributed by atoms with Crippen LogP contribution in [-0.2, 0) is 16.1 Å². The van der Waals surface area contributed by atoms with Crippen molar-refractivity contribution in [2.45, 2.75) is 20.4 Å². The van der Waals surface area contributed by atoms with E-state index in [0.29, 0.717) is 23.9 Å². The zero-order chi connectivity index (χ0) is 24.5. The zero-order valence-corrected chi connectivity index (χ0v) is 20.5. The number of amides is 1. The lowest BCUT2D eigenvalue weighted by Gasteiger charge is -2.37. The predicted molar refractivity (Wildman–Crippen MR) is 134 cm³/mol. The molecule has 2 aliphatic rings. The van der Waals surface area contributed by atoms with E-state index in [1.54, 1.807) is 0 Å². The van der Waals surface area contributed by atoms with E-state index in [1.165, 1.54) is 18.3 Å². The average Bonchev–Trinajstić information content (AvgIpc) is 3.50. The third-order valence-electron chi connectivity index (χ3n) is 6.33. The van der Waals surface area contributed by atoms with Gasteiger partial charge in [0.1, 0.15) is 5.57 Å². The van der Waals surface area contributed by atoms with Gasteiger partial charge in [-0.15, -0.1) is 0 Å². The van der Waals surface area contributed by atoms with E-state index >= 15 is 0 Å². The number of thiazole rings is 1. The Morgan fingerprint density at radius 1 is 1.06 bits per heavy atom. The molecule has 0 atom stereocenters. The van der Waals surface area contributed by atoms with E-state index in [1.807, 2.05) is 43.3 Å². The Hall–Kier alpha value is -3.47. The first-order chi connectivity index (χ1) is 16.9. The average molecular weight is 494 g/mol. The normalized spacial score (nSPS) is 16.4. The molecular weight excluding hydrogens is 466 g/mol. The Morgan fingerprint density at radius 3 is 2.54 bits per heavy atom. The number of aromatic nitrogens is 1. The quantitative estimate of drug-likeness (QED) is 0.140. The van der Waals surface area contributed by atoms with Gasteiger partial charge in [-0.05, 0) is 43.7 Å². The maximum atomic E-state index is 13.3. The minimum absolute atomic E-state index is 0.0935. The number of ketones is 1. The van der Waals surface area contributed by atoms with Crippen molar-refractivity contribution in [3.8, 4) is 11.5 Å². The number of ether oxygens (including phenoxy) is 2. The lowest BCUT2D eigenvalue weighted by atomic mass is 10.1. The lowest BCUT2D eigenvalue weighted by molar-refractivity contribution is -0.120. The van der Waals surface area contributed by atoms with Crippen LogP contribution in [0.5, 0.6) is 11.5 Å². The second kappa shape index (κ2) is 9.65. The molecule has 2 N–H and O–H groups in total. The fourth-order valence-electron chi connectivity index (χ4n) is 4.43. The number of hydrazine groups is 1. The molecule has 0 unspecified atom stereocenters. The van der Waals surface area contributed by atoms with E-state index in [2.05, 4.69) is 20.9 Å². The summed E-state index contributed by atoms with van der Waals surface area (Å²) in [6.07, 6.45) is 0. The molecule has 2 aromatic carbocycles. The standard InChI is InChI=1S/C25H27N5O4S/c1-16(23(17(2)31)24(32)30(26)25-27-19-5-3-4-6-22(19)35-25)29-11-9-28(10-12-29)14-18-7-8-20-21(13-18)34-15-33-20/h3-8,13H,9-12,14-15,26H2,1-2H3. The van der Waals surface area contributed by atoms with Crippen LogP contribution in [0.4, 0.5) is 5.13 Å². The molecule has 2 aliphatic heterocycles. The summed E-state index contributed by atoms with van der Waals surface area (Å²) in [5.74, 6) is 6.86. The van der Waals surface area contributed by atoms with Gasteiger partial charge in [0.25, 0.3) is 5.91 Å². The molecule has 1 aromatic heterocycles. The number of rotatable bonds is 6. The van der Waals surface area contributed by atoms with Crippen LogP contribution in [0.2, 0.25) is 0 Å². The van der Waals surface area contributed by atoms with Crippen molar-refractivity contribution in [2.24, 2.45) is 5.84 Å². The van der Waals surface area contributed by atoms with Crippen molar-refractivity contribution < 1.29 is 19.1 Å². The predicted octanol–water partition coefficient (Wildman–Crippen LogP) is 2.91. The number of benzene rings is 2. The molecule has 5 rings (SSSR count).